The summed E-state index contributed by atoms with van der Waals surface area (Å²) < 4.78 is 5.35. The molecule has 0 aliphatic carbocycles. The molecule has 1 aromatic heterocycles. The van der Waals surface area contributed by atoms with Crippen LogP contribution in [0, 0.1) is 13.8 Å². The molecule has 0 saturated carbocycles. The second-order valence-electron chi connectivity index (χ2n) is 3.81. The molecule has 0 spiro atoms. The zero-order chi connectivity index (χ0) is 11.7. The SMILES string of the molecule is COc1cc(C)cc(C)c1-c1cnn(O)c1. The Bertz CT molecular complexity index is 518. The molecule has 1 aromatic carbocycles. The molecule has 2 aromatic rings. The lowest BCUT2D eigenvalue weighted by molar-refractivity contribution is 0.149. The van der Waals surface area contributed by atoms with Gasteiger partial charge in [-0.15, -0.1) is 9.94 Å². The summed E-state index contributed by atoms with van der Waals surface area (Å²) >= 11 is 0. The van der Waals surface area contributed by atoms with Crippen molar-refractivity contribution >= 4 is 0 Å². The third-order valence-corrected chi connectivity index (χ3v) is 2.52. The molecule has 1 heterocycles. The topological polar surface area (TPSA) is 47.3 Å². The minimum absolute atomic E-state index is 0.797. The summed E-state index contributed by atoms with van der Waals surface area (Å²) in [4.78, 5) is 0.800. The lowest BCUT2D eigenvalue weighted by atomic mass is 10.00. The van der Waals surface area contributed by atoms with Gasteiger partial charge in [-0.2, -0.15) is 0 Å². The van der Waals surface area contributed by atoms with Crippen molar-refractivity contribution in [1.82, 2.24) is 9.94 Å². The molecule has 1 N–H and O–H groups in total. The van der Waals surface area contributed by atoms with Gasteiger partial charge in [0.15, 0.2) is 0 Å². The molecule has 0 atom stereocenters. The number of nitrogens with zero attached hydrogens (tertiary/aromatic N) is 2. The highest BCUT2D eigenvalue weighted by molar-refractivity contribution is 5.73. The number of methoxy groups -OCH3 is 1. The van der Waals surface area contributed by atoms with Gasteiger partial charge in [0, 0.05) is 11.1 Å². The van der Waals surface area contributed by atoms with E-state index in [2.05, 4.69) is 11.2 Å². The van der Waals surface area contributed by atoms with Gasteiger partial charge in [0.1, 0.15) is 5.75 Å². The van der Waals surface area contributed by atoms with Crippen LogP contribution in [0.2, 0.25) is 0 Å². The number of benzene rings is 1. The van der Waals surface area contributed by atoms with E-state index in [1.54, 1.807) is 19.5 Å². The first-order valence-corrected chi connectivity index (χ1v) is 5.01. The van der Waals surface area contributed by atoms with Crippen LogP contribution >= 0.6 is 0 Å². The highest BCUT2D eigenvalue weighted by Crippen LogP contribution is 2.33. The zero-order valence-corrected chi connectivity index (χ0v) is 9.56. The van der Waals surface area contributed by atoms with Crippen molar-refractivity contribution in [3.8, 4) is 16.9 Å². The Balaban J connectivity index is 2.63. The van der Waals surface area contributed by atoms with Crippen molar-refractivity contribution in [2.24, 2.45) is 0 Å². The first-order chi connectivity index (χ1) is 7.61. The van der Waals surface area contributed by atoms with Crippen molar-refractivity contribution in [2.75, 3.05) is 7.11 Å². The fourth-order valence-electron chi connectivity index (χ4n) is 1.90. The quantitative estimate of drug-likeness (QED) is 0.787. The molecule has 0 aliphatic heterocycles. The summed E-state index contributed by atoms with van der Waals surface area (Å²) in [6, 6.07) is 4.05. The molecule has 0 unspecified atom stereocenters. The van der Waals surface area contributed by atoms with E-state index >= 15 is 0 Å². The molecule has 16 heavy (non-hydrogen) atoms. The van der Waals surface area contributed by atoms with Crippen LogP contribution in [0.4, 0.5) is 0 Å². The average molecular weight is 218 g/mol. The average Bonchev–Trinajstić information content (AvgIpc) is 2.63. The van der Waals surface area contributed by atoms with E-state index in [9.17, 15) is 5.21 Å². The van der Waals surface area contributed by atoms with Gasteiger partial charge in [-0.25, -0.2) is 0 Å². The minimum atomic E-state index is 0.797. The van der Waals surface area contributed by atoms with Crippen LogP contribution in [0.1, 0.15) is 11.1 Å². The Kier molecular flexibility index (Phi) is 2.56. The molecule has 0 fully saturated rings. The molecule has 0 saturated heterocycles. The molecule has 4 heteroatoms. The van der Waals surface area contributed by atoms with Crippen molar-refractivity contribution < 1.29 is 9.94 Å². The molecule has 84 valence electrons. The molecular formula is C12H14N2O2. The van der Waals surface area contributed by atoms with Crippen LogP contribution in [0.3, 0.4) is 0 Å². The number of ether oxygens (including phenoxy) is 1. The lowest BCUT2D eigenvalue weighted by Gasteiger charge is -2.11. The second-order valence-corrected chi connectivity index (χ2v) is 3.81. The lowest BCUT2D eigenvalue weighted by Crippen LogP contribution is -1.92. The minimum Gasteiger partial charge on any atom is -0.496 e. The standard InChI is InChI=1S/C12H14N2O2/c1-8-4-9(2)12(11(5-8)16-3)10-6-13-14(15)7-10/h4-7,15H,1-3H3. The second kappa shape index (κ2) is 3.89. The predicted octanol–water partition coefficient (Wildman–Crippen LogP) is 2.41. The van der Waals surface area contributed by atoms with Gasteiger partial charge in [-0.1, -0.05) is 6.07 Å². The highest BCUT2D eigenvalue weighted by atomic mass is 16.5. The Morgan fingerprint density at radius 3 is 2.62 bits per heavy atom. The number of aromatic nitrogens is 2. The van der Waals surface area contributed by atoms with Crippen molar-refractivity contribution in [3.63, 3.8) is 0 Å². The predicted molar refractivity (Wildman–Crippen MR) is 60.9 cm³/mol. The van der Waals surface area contributed by atoms with Crippen LogP contribution < -0.4 is 4.74 Å². The van der Waals surface area contributed by atoms with E-state index in [0.717, 1.165) is 32.8 Å². The van der Waals surface area contributed by atoms with Crippen molar-refractivity contribution in [2.45, 2.75) is 13.8 Å². The number of aryl methyl sites for hydroxylation is 2. The van der Waals surface area contributed by atoms with Crippen LogP contribution in [-0.2, 0) is 0 Å². The monoisotopic (exact) mass is 218 g/mol. The summed E-state index contributed by atoms with van der Waals surface area (Å²) in [5.74, 6) is 0.797. The van der Waals surface area contributed by atoms with E-state index in [1.807, 2.05) is 19.9 Å². The molecule has 0 bridgehead atoms. The third kappa shape index (κ3) is 1.74. The summed E-state index contributed by atoms with van der Waals surface area (Å²) in [6.07, 6.45) is 3.17. The summed E-state index contributed by atoms with van der Waals surface area (Å²) in [6.45, 7) is 4.04. The van der Waals surface area contributed by atoms with Gasteiger partial charge in [0.25, 0.3) is 0 Å². The first-order valence-electron chi connectivity index (χ1n) is 5.01. The molecule has 0 radical (unpaired) electrons. The van der Waals surface area contributed by atoms with Gasteiger partial charge >= 0.3 is 0 Å². The van der Waals surface area contributed by atoms with E-state index in [-0.39, 0.29) is 0 Å². The van der Waals surface area contributed by atoms with Crippen molar-refractivity contribution in [3.05, 3.63) is 35.7 Å². The van der Waals surface area contributed by atoms with Gasteiger partial charge in [-0.3, -0.25) is 0 Å². The van der Waals surface area contributed by atoms with Gasteiger partial charge in [-0.05, 0) is 31.0 Å². The van der Waals surface area contributed by atoms with Gasteiger partial charge in [0.05, 0.1) is 19.5 Å². The molecule has 0 amide bonds. The van der Waals surface area contributed by atoms with E-state index in [0.29, 0.717) is 0 Å². The maximum atomic E-state index is 9.19. The molecular weight excluding hydrogens is 204 g/mol. The number of hydrogen-bond acceptors (Lipinski definition) is 3. The zero-order valence-electron chi connectivity index (χ0n) is 9.56. The molecule has 4 nitrogen and oxygen atoms in total. The fourth-order valence-corrected chi connectivity index (χ4v) is 1.90. The number of hydrogen-bond donors (Lipinski definition) is 1. The fraction of sp³-hybridized carbons (Fsp3) is 0.250. The summed E-state index contributed by atoms with van der Waals surface area (Å²) in [5, 5.41) is 12.9. The van der Waals surface area contributed by atoms with E-state index in [1.165, 1.54) is 0 Å². The summed E-state index contributed by atoms with van der Waals surface area (Å²) in [7, 11) is 1.64. The normalized spacial score (nSPS) is 10.4. The van der Waals surface area contributed by atoms with Crippen LogP contribution in [-0.4, -0.2) is 22.3 Å². The maximum absolute atomic E-state index is 9.19. The van der Waals surface area contributed by atoms with Crippen LogP contribution in [0.15, 0.2) is 24.5 Å². The Morgan fingerprint density at radius 1 is 1.31 bits per heavy atom. The van der Waals surface area contributed by atoms with Crippen LogP contribution in [0.5, 0.6) is 5.75 Å². The van der Waals surface area contributed by atoms with Gasteiger partial charge in [0.2, 0.25) is 0 Å². The third-order valence-electron chi connectivity index (χ3n) is 2.52. The summed E-state index contributed by atoms with van der Waals surface area (Å²) in [5.41, 5.74) is 4.06. The van der Waals surface area contributed by atoms with E-state index in [4.69, 9.17) is 4.74 Å². The molecule has 2 rings (SSSR count). The number of rotatable bonds is 2. The maximum Gasteiger partial charge on any atom is 0.127 e. The van der Waals surface area contributed by atoms with Gasteiger partial charge < -0.3 is 9.94 Å². The Morgan fingerprint density at radius 2 is 2.06 bits per heavy atom. The Labute approximate surface area is 94.1 Å². The largest absolute Gasteiger partial charge is 0.496 e. The highest BCUT2D eigenvalue weighted by Gasteiger charge is 2.11. The smallest absolute Gasteiger partial charge is 0.127 e. The molecule has 0 aliphatic rings. The van der Waals surface area contributed by atoms with Crippen molar-refractivity contribution in [1.29, 1.82) is 0 Å². The van der Waals surface area contributed by atoms with E-state index < -0.39 is 0 Å². The Hall–Kier alpha value is -1.97. The van der Waals surface area contributed by atoms with Crippen LogP contribution in [0.25, 0.3) is 11.1 Å². The first kappa shape index (κ1) is 10.5.